The molecule has 0 aliphatic rings. The van der Waals surface area contributed by atoms with E-state index in [0.717, 1.165) is 11.1 Å². The normalized spacial score (nSPS) is 12.2. The number of aromatic nitrogens is 1. The topological polar surface area (TPSA) is 77.3 Å². The second-order valence-electron chi connectivity index (χ2n) is 4.20. The molecule has 0 radical (unpaired) electrons. The van der Waals surface area contributed by atoms with Crippen LogP contribution in [-0.2, 0) is 0 Å². The van der Waals surface area contributed by atoms with Crippen LogP contribution in [0.2, 0.25) is 0 Å². The van der Waals surface area contributed by atoms with E-state index in [1.54, 1.807) is 18.5 Å². The first-order valence-corrected chi connectivity index (χ1v) is 6.13. The van der Waals surface area contributed by atoms with E-state index in [2.05, 4.69) is 16.6 Å². The highest BCUT2D eigenvalue weighted by Crippen LogP contribution is 2.11. The van der Waals surface area contributed by atoms with E-state index in [-0.39, 0.29) is 5.82 Å². The summed E-state index contributed by atoms with van der Waals surface area (Å²) in [6.07, 6.45) is 5.17. The molecule has 0 saturated heterocycles. The summed E-state index contributed by atoms with van der Waals surface area (Å²) < 4.78 is 0. The van der Waals surface area contributed by atoms with Crippen molar-refractivity contribution < 1.29 is 0 Å². The Labute approximate surface area is 118 Å². The van der Waals surface area contributed by atoms with E-state index in [4.69, 9.17) is 11.5 Å². The van der Waals surface area contributed by atoms with Gasteiger partial charge in [0.05, 0.1) is 5.71 Å². The number of hydrogen-bond acceptors (Lipinski definition) is 4. The lowest BCUT2D eigenvalue weighted by Crippen LogP contribution is -2.06. The van der Waals surface area contributed by atoms with Gasteiger partial charge < -0.3 is 11.5 Å². The molecule has 0 aliphatic heterocycles. The van der Waals surface area contributed by atoms with Gasteiger partial charge in [-0.2, -0.15) is 0 Å². The first-order chi connectivity index (χ1) is 9.66. The van der Waals surface area contributed by atoms with Crippen molar-refractivity contribution in [2.75, 3.05) is 0 Å². The van der Waals surface area contributed by atoms with Crippen molar-refractivity contribution in [3.05, 3.63) is 84.5 Å². The summed E-state index contributed by atoms with van der Waals surface area (Å²) in [4.78, 5) is 8.29. The fraction of sp³-hybridized carbons (Fsp3) is 0. The molecule has 0 amide bonds. The number of nitrogens with zero attached hydrogens (tertiary/aromatic N) is 2. The minimum absolute atomic E-state index is 0.223. The Hall–Kier alpha value is -2.88. The van der Waals surface area contributed by atoms with Crippen LogP contribution in [-0.4, -0.2) is 10.7 Å². The van der Waals surface area contributed by atoms with Gasteiger partial charge in [0, 0.05) is 23.7 Å². The number of aliphatic imine (C=N–C) groups is 1. The van der Waals surface area contributed by atoms with Gasteiger partial charge in [0.2, 0.25) is 0 Å². The highest BCUT2D eigenvalue weighted by molar-refractivity contribution is 6.12. The molecule has 1 aromatic heterocycles. The SMILES string of the molecule is C=C(N)/N=C(\C=C(/N)c1ccccc1)c1cccnc1. The first kappa shape index (κ1) is 13.5. The average Bonchev–Trinajstić information content (AvgIpc) is 2.48. The molecule has 20 heavy (non-hydrogen) atoms. The molecule has 0 fully saturated rings. The van der Waals surface area contributed by atoms with Crippen LogP contribution >= 0.6 is 0 Å². The Bertz CT molecular complexity index is 643. The molecule has 0 unspecified atom stereocenters. The summed E-state index contributed by atoms with van der Waals surface area (Å²) in [5, 5.41) is 0. The second-order valence-corrected chi connectivity index (χ2v) is 4.20. The van der Waals surface area contributed by atoms with E-state index in [9.17, 15) is 0 Å². The molecule has 1 aromatic carbocycles. The van der Waals surface area contributed by atoms with Crippen LogP contribution < -0.4 is 11.5 Å². The van der Waals surface area contributed by atoms with Crippen molar-refractivity contribution in [2.45, 2.75) is 0 Å². The van der Waals surface area contributed by atoms with Crippen LogP contribution in [0.3, 0.4) is 0 Å². The predicted octanol–water partition coefficient (Wildman–Crippen LogP) is 2.30. The molecule has 0 spiro atoms. The maximum atomic E-state index is 6.10. The number of nitrogens with two attached hydrogens (primary N) is 2. The largest absolute Gasteiger partial charge is 0.398 e. The summed E-state index contributed by atoms with van der Waals surface area (Å²) in [6.45, 7) is 3.60. The molecule has 4 heteroatoms. The van der Waals surface area contributed by atoms with Gasteiger partial charge in [-0.15, -0.1) is 0 Å². The molecule has 4 nitrogen and oxygen atoms in total. The molecular weight excluding hydrogens is 248 g/mol. The van der Waals surface area contributed by atoms with E-state index < -0.39 is 0 Å². The zero-order valence-corrected chi connectivity index (χ0v) is 11.0. The van der Waals surface area contributed by atoms with Crippen molar-refractivity contribution in [1.82, 2.24) is 4.98 Å². The third-order valence-corrected chi connectivity index (χ3v) is 2.62. The number of rotatable bonds is 4. The molecule has 0 aliphatic carbocycles. The molecule has 1 heterocycles. The molecule has 2 rings (SSSR count). The quantitative estimate of drug-likeness (QED) is 0.832. The zero-order valence-electron chi connectivity index (χ0n) is 11.0. The lowest BCUT2D eigenvalue weighted by atomic mass is 10.1. The molecule has 100 valence electrons. The molecule has 2 aromatic rings. The molecule has 4 N–H and O–H groups in total. The minimum atomic E-state index is 0.223. The number of hydrogen-bond donors (Lipinski definition) is 2. The fourth-order valence-corrected chi connectivity index (χ4v) is 1.71. The highest BCUT2D eigenvalue weighted by Gasteiger charge is 2.03. The lowest BCUT2D eigenvalue weighted by Gasteiger charge is -2.05. The van der Waals surface area contributed by atoms with Gasteiger partial charge in [-0.1, -0.05) is 36.9 Å². The summed E-state index contributed by atoms with van der Waals surface area (Å²) in [6, 6.07) is 13.4. The van der Waals surface area contributed by atoms with E-state index in [0.29, 0.717) is 11.4 Å². The summed E-state index contributed by atoms with van der Waals surface area (Å²) in [5.41, 5.74) is 14.7. The van der Waals surface area contributed by atoms with Gasteiger partial charge in [-0.3, -0.25) is 4.98 Å². The Morgan fingerprint density at radius 1 is 1.05 bits per heavy atom. The Morgan fingerprint density at radius 3 is 2.35 bits per heavy atom. The Balaban J connectivity index is 2.42. The van der Waals surface area contributed by atoms with Gasteiger partial charge >= 0.3 is 0 Å². The van der Waals surface area contributed by atoms with Crippen LogP contribution in [0.25, 0.3) is 5.70 Å². The van der Waals surface area contributed by atoms with Crippen LogP contribution in [0.4, 0.5) is 0 Å². The smallest absolute Gasteiger partial charge is 0.116 e. The fourth-order valence-electron chi connectivity index (χ4n) is 1.71. The van der Waals surface area contributed by atoms with Crippen molar-refractivity contribution >= 4 is 11.4 Å². The van der Waals surface area contributed by atoms with E-state index >= 15 is 0 Å². The van der Waals surface area contributed by atoms with Gasteiger partial charge in [-0.25, -0.2) is 4.99 Å². The zero-order chi connectivity index (χ0) is 14.4. The predicted molar refractivity (Wildman–Crippen MR) is 82.7 cm³/mol. The minimum Gasteiger partial charge on any atom is -0.398 e. The van der Waals surface area contributed by atoms with Crippen molar-refractivity contribution in [3.63, 3.8) is 0 Å². The van der Waals surface area contributed by atoms with Gasteiger partial charge in [0.15, 0.2) is 0 Å². The van der Waals surface area contributed by atoms with Crippen LogP contribution in [0.5, 0.6) is 0 Å². The third kappa shape index (κ3) is 3.55. The van der Waals surface area contributed by atoms with E-state index in [1.807, 2.05) is 42.5 Å². The lowest BCUT2D eigenvalue weighted by molar-refractivity contribution is 1.25. The van der Waals surface area contributed by atoms with Crippen LogP contribution in [0, 0.1) is 0 Å². The van der Waals surface area contributed by atoms with Crippen LogP contribution in [0.1, 0.15) is 11.1 Å². The molecule has 0 bridgehead atoms. The van der Waals surface area contributed by atoms with Gasteiger partial charge in [-0.05, 0) is 23.8 Å². The standard InChI is InChI=1S/C16H16N4/c1-12(17)20-16(14-8-5-9-19-11-14)10-15(18)13-6-3-2-4-7-13/h2-11H,1,17-18H2/b15-10-,20-16+. The Morgan fingerprint density at radius 2 is 1.75 bits per heavy atom. The van der Waals surface area contributed by atoms with Crippen molar-refractivity contribution in [2.24, 2.45) is 16.5 Å². The van der Waals surface area contributed by atoms with Crippen LogP contribution in [0.15, 0.2) is 78.3 Å². The number of benzene rings is 1. The van der Waals surface area contributed by atoms with E-state index in [1.165, 1.54) is 0 Å². The maximum Gasteiger partial charge on any atom is 0.116 e. The van der Waals surface area contributed by atoms with Gasteiger partial charge in [0.25, 0.3) is 0 Å². The summed E-state index contributed by atoms with van der Waals surface area (Å²) in [7, 11) is 0. The first-order valence-electron chi connectivity index (χ1n) is 6.13. The second kappa shape index (κ2) is 6.33. The maximum absolute atomic E-state index is 6.10. The highest BCUT2D eigenvalue weighted by atomic mass is 14.9. The Kier molecular flexibility index (Phi) is 4.29. The average molecular weight is 264 g/mol. The third-order valence-electron chi connectivity index (χ3n) is 2.62. The number of pyridine rings is 1. The summed E-state index contributed by atoms with van der Waals surface area (Å²) >= 11 is 0. The van der Waals surface area contributed by atoms with Crippen molar-refractivity contribution in [1.29, 1.82) is 0 Å². The molecular formula is C16H16N4. The summed E-state index contributed by atoms with van der Waals surface area (Å²) in [5.74, 6) is 0.223. The molecule has 0 atom stereocenters. The van der Waals surface area contributed by atoms with Crippen molar-refractivity contribution in [3.8, 4) is 0 Å². The monoisotopic (exact) mass is 264 g/mol. The van der Waals surface area contributed by atoms with Gasteiger partial charge in [0.1, 0.15) is 5.82 Å². The number of allylic oxidation sites excluding steroid dienone is 1. The molecule has 0 saturated carbocycles.